The summed E-state index contributed by atoms with van der Waals surface area (Å²) >= 11 is 0. The highest BCUT2D eigenvalue weighted by Gasteiger charge is 2.09. The molecule has 4 nitrogen and oxygen atoms in total. The molecular weight excluding hydrogens is 200 g/mol. The number of hydrogen-bond donors (Lipinski definition) is 1. The molecule has 2 heterocycles. The highest BCUT2D eigenvalue weighted by atomic mass is 15.1. The molecule has 0 bridgehead atoms. The van der Waals surface area contributed by atoms with Gasteiger partial charge in [0.25, 0.3) is 0 Å². The van der Waals surface area contributed by atoms with Gasteiger partial charge in [-0.3, -0.25) is 4.57 Å². The summed E-state index contributed by atoms with van der Waals surface area (Å²) in [6.07, 6.45) is 7.18. The zero-order chi connectivity index (χ0) is 11.6. The molecule has 16 heavy (non-hydrogen) atoms. The monoisotopic (exact) mass is 216 g/mol. The molecular formula is C12H16N4. The fourth-order valence-corrected chi connectivity index (χ4v) is 1.44. The van der Waals surface area contributed by atoms with Gasteiger partial charge in [-0.2, -0.15) is 0 Å². The number of hydrogen-bond acceptors (Lipinski definition) is 3. The van der Waals surface area contributed by atoms with E-state index in [1.54, 1.807) is 12.5 Å². The van der Waals surface area contributed by atoms with E-state index < -0.39 is 0 Å². The SMILES string of the molecule is CC(C)(C)Nc1ccc(-n2ccnc2)nc1. The van der Waals surface area contributed by atoms with E-state index in [1.165, 1.54) is 0 Å². The summed E-state index contributed by atoms with van der Waals surface area (Å²) in [5, 5.41) is 3.37. The van der Waals surface area contributed by atoms with Crippen LogP contribution in [0.2, 0.25) is 0 Å². The highest BCUT2D eigenvalue weighted by molar-refractivity contribution is 5.45. The molecule has 2 rings (SSSR count). The Hall–Kier alpha value is -1.84. The lowest BCUT2D eigenvalue weighted by Gasteiger charge is -2.21. The first-order valence-electron chi connectivity index (χ1n) is 5.27. The van der Waals surface area contributed by atoms with Crippen LogP contribution in [0.5, 0.6) is 0 Å². The third kappa shape index (κ3) is 2.59. The molecule has 0 unspecified atom stereocenters. The van der Waals surface area contributed by atoms with E-state index in [9.17, 15) is 0 Å². The Morgan fingerprint density at radius 1 is 1.25 bits per heavy atom. The van der Waals surface area contributed by atoms with Crippen molar-refractivity contribution in [3.8, 4) is 5.82 Å². The van der Waals surface area contributed by atoms with Crippen molar-refractivity contribution in [3.63, 3.8) is 0 Å². The van der Waals surface area contributed by atoms with Gasteiger partial charge in [-0.05, 0) is 32.9 Å². The van der Waals surface area contributed by atoms with Crippen LogP contribution in [0.25, 0.3) is 5.82 Å². The van der Waals surface area contributed by atoms with Crippen LogP contribution >= 0.6 is 0 Å². The molecule has 0 amide bonds. The molecule has 0 aliphatic carbocycles. The van der Waals surface area contributed by atoms with Crippen molar-refractivity contribution in [2.24, 2.45) is 0 Å². The Morgan fingerprint density at radius 3 is 2.56 bits per heavy atom. The second kappa shape index (κ2) is 3.96. The van der Waals surface area contributed by atoms with E-state index in [2.05, 4.69) is 36.1 Å². The second-order valence-electron chi connectivity index (χ2n) is 4.75. The number of rotatable bonds is 2. The molecule has 0 aliphatic rings. The molecule has 0 aromatic carbocycles. The van der Waals surface area contributed by atoms with Crippen molar-refractivity contribution in [1.29, 1.82) is 0 Å². The van der Waals surface area contributed by atoms with Gasteiger partial charge < -0.3 is 5.32 Å². The van der Waals surface area contributed by atoms with Crippen LogP contribution in [0.4, 0.5) is 5.69 Å². The molecule has 84 valence electrons. The maximum Gasteiger partial charge on any atom is 0.137 e. The molecule has 2 aromatic heterocycles. The molecule has 0 fully saturated rings. The Labute approximate surface area is 95.4 Å². The van der Waals surface area contributed by atoms with Gasteiger partial charge in [0, 0.05) is 17.9 Å². The van der Waals surface area contributed by atoms with Crippen molar-refractivity contribution in [1.82, 2.24) is 14.5 Å². The summed E-state index contributed by atoms with van der Waals surface area (Å²) in [6.45, 7) is 6.37. The molecule has 4 heteroatoms. The molecule has 0 spiro atoms. The van der Waals surface area contributed by atoms with Gasteiger partial charge in [0.2, 0.25) is 0 Å². The van der Waals surface area contributed by atoms with Gasteiger partial charge in [-0.1, -0.05) is 0 Å². The van der Waals surface area contributed by atoms with Gasteiger partial charge in [0.05, 0.1) is 11.9 Å². The first-order valence-corrected chi connectivity index (χ1v) is 5.27. The van der Waals surface area contributed by atoms with Gasteiger partial charge >= 0.3 is 0 Å². The first kappa shape index (κ1) is 10.7. The molecule has 0 aliphatic heterocycles. The minimum Gasteiger partial charge on any atom is -0.379 e. The third-order valence-corrected chi connectivity index (χ3v) is 2.04. The normalized spacial score (nSPS) is 11.4. The fourth-order valence-electron chi connectivity index (χ4n) is 1.44. The van der Waals surface area contributed by atoms with E-state index in [-0.39, 0.29) is 5.54 Å². The third-order valence-electron chi connectivity index (χ3n) is 2.04. The van der Waals surface area contributed by atoms with Crippen LogP contribution < -0.4 is 5.32 Å². The van der Waals surface area contributed by atoms with Gasteiger partial charge in [0.1, 0.15) is 12.1 Å². The Kier molecular flexibility index (Phi) is 2.64. The fraction of sp³-hybridized carbons (Fsp3) is 0.333. The number of imidazole rings is 1. The van der Waals surface area contributed by atoms with Crippen LogP contribution in [0, 0.1) is 0 Å². The van der Waals surface area contributed by atoms with Crippen molar-refractivity contribution in [2.45, 2.75) is 26.3 Å². The lowest BCUT2D eigenvalue weighted by atomic mass is 10.1. The van der Waals surface area contributed by atoms with E-state index in [0.29, 0.717) is 0 Å². The van der Waals surface area contributed by atoms with Crippen molar-refractivity contribution in [2.75, 3.05) is 5.32 Å². The lowest BCUT2D eigenvalue weighted by Crippen LogP contribution is -2.26. The van der Waals surface area contributed by atoms with Crippen molar-refractivity contribution < 1.29 is 0 Å². The van der Waals surface area contributed by atoms with Gasteiger partial charge in [-0.15, -0.1) is 0 Å². The van der Waals surface area contributed by atoms with Crippen molar-refractivity contribution in [3.05, 3.63) is 37.1 Å². The zero-order valence-corrected chi connectivity index (χ0v) is 9.81. The second-order valence-corrected chi connectivity index (χ2v) is 4.75. The van der Waals surface area contributed by atoms with Crippen LogP contribution in [0.15, 0.2) is 37.1 Å². The van der Waals surface area contributed by atoms with Gasteiger partial charge in [0.15, 0.2) is 0 Å². The quantitative estimate of drug-likeness (QED) is 0.838. The summed E-state index contributed by atoms with van der Waals surface area (Å²) in [6, 6.07) is 3.99. The lowest BCUT2D eigenvalue weighted by molar-refractivity contribution is 0.633. The van der Waals surface area contributed by atoms with E-state index in [0.717, 1.165) is 11.5 Å². The van der Waals surface area contributed by atoms with Crippen LogP contribution in [-0.4, -0.2) is 20.1 Å². The summed E-state index contributed by atoms with van der Waals surface area (Å²) < 4.78 is 1.88. The number of nitrogens with zero attached hydrogens (tertiary/aromatic N) is 3. The van der Waals surface area contributed by atoms with Crippen LogP contribution in [0.1, 0.15) is 20.8 Å². The zero-order valence-electron chi connectivity index (χ0n) is 9.81. The number of anilines is 1. The minimum absolute atomic E-state index is 0.0538. The van der Waals surface area contributed by atoms with Crippen molar-refractivity contribution >= 4 is 5.69 Å². The predicted molar refractivity (Wildman–Crippen MR) is 64.7 cm³/mol. The maximum absolute atomic E-state index is 4.37. The largest absolute Gasteiger partial charge is 0.379 e. The highest BCUT2D eigenvalue weighted by Crippen LogP contribution is 2.14. The summed E-state index contributed by atoms with van der Waals surface area (Å²) in [4.78, 5) is 8.35. The summed E-state index contributed by atoms with van der Waals surface area (Å²) in [5.41, 5.74) is 1.08. The predicted octanol–water partition coefficient (Wildman–Crippen LogP) is 2.48. The number of pyridine rings is 1. The molecule has 1 N–H and O–H groups in total. The molecule has 0 saturated heterocycles. The molecule has 0 atom stereocenters. The first-order chi connectivity index (χ1) is 7.54. The smallest absolute Gasteiger partial charge is 0.137 e. The average molecular weight is 216 g/mol. The average Bonchev–Trinajstić information content (AvgIpc) is 2.69. The Bertz CT molecular complexity index is 437. The van der Waals surface area contributed by atoms with E-state index in [4.69, 9.17) is 0 Å². The van der Waals surface area contributed by atoms with Gasteiger partial charge in [-0.25, -0.2) is 9.97 Å². The van der Waals surface area contributed by atoms with E-state index in [1.807, 2.05) is 29.1 Å². The van der Waals surface area contributed by atoms with Crippen LogP contribution in [-0.2, 0) is 0 Å². The Balaban J connectivity index is 2.17. The van der Waals surface area contributed by atoms with E-state index >= 15 is 0 Å². The number of aromatic nitrogens is 3. The summed E-state index contributed by atoms with van der Waals surface area (Å²) in [7, 11) is 0. The molecule has 0 saturated carbocycles. The summed E-state index contributed by atoms with van der Waals surface area (Å²) in [5.74, 6) is 0.872. The molecule has 0 radical (unpaired) electrons. The van der Waals surface area contributed by atoms with Crippen LogP contribution in [0.3, 0.4) is 0 Å². The molecule has 2 aromatic rings. The standard InChI is InChI=1S/C12H16N4/c1-12(2,3)15-10-4-5-11(14-8-10)16-7-6-13-9-16/h4-9,15H,1-3H3. The maximum atomic E-state index is 4.37. The number of nitrogens with one attached hydrogen (secondary N) is 1. The topological polar surface area (TPSA) is 42.7 Å². The Morgan fingerprint density at radius 2 is 2.06 bits per heavy atom. The minimum atomic E-state index is 0.0538.